The van der Waals surface area contributed by atoms with Crippen molar-refractivity contribution in [2.24, 2.45) is 11.7 Å². The number of rotatable bonds is 5. The average Bonchev–Trinajstić information content (AvgIpc) is 2.30. The van der Waals surface area contributed by atoms with Crippen LogP contribution in [-0.4, -0.2) is 12.5 Å². The highest BCUT2D eigenvalue weighted by molar-refractivity contribution is 6.33. The SMILES string of the molecule is CC(CCCN)C(=O)Nc1c(F)cccc1Cl. The van der Waals surface area contributed by atoms with Gasteiger partial charge in [0.15, 0.2) is 0 Å². The molecule has 0 aromatic heterocycles. The van der Waals surface area contributed by atoms with Gasteiger partial charge in [-0.25, -0.2) is 4.39 Å². The van der Waals surface area contributed by atoms with Crippen molar-refractivity contribution in [3.8, 4) is 0 Å². The highest BCUT2D eigenvalue weighted by Crippen LogP contribution is 2.25. The van der Waals surface area contributed by atoms with E-state index < -0.39 is 5.82 Å². The molecule has 0 saturated heterocycles. The molecule has 0 radical (unpaired) electrons. The molecule has 5 heteroatoms. The minimum Gasteiger partial charge on any atom is -0.330 e. The summed E-state index contributed by atoms with van der Waals surface area (Å²) in [6.45, 7) is 2.32. The van der Waals surface area contributed by atoms with Gasteiger partial charge < -0.3 is 11.1 Å². The summed E-state index contributed by atoms with van der Waals surface area (Å²) in [4.78, 5) is 11.7. The fraction of sp³-hybridized carbons (Fsp3) is 0.417. The average molecular weight is 259 g/mol. The van der Waals surface area contributed by atoms with Crippen LogP contribution < -0.4 is 11.1 Å². The second-order valence-corrected chi connectivity index (χ2v) is 4.33. The molecular weight excluding hydrogens is 243 g/mol. The Labute approximate surface area is 105 Å². The zero-order chi connectivity index (χ0) is 12.8. The van der Waals surface area contributed by atoms with E-state index in [2.05, 4.69) is 5.32 Å². The van der Waals surface area contributed by atoms with E-state index in [-0.39, 0.29) is 22.5 Å². The van der Waals surface area contributed by atoms with Gasteiger partial charge in [-0.1, -0.05) is 24.6 Å². The molecule has 17 heavy (non-hydrogen) atoms. The third-order valence-electron chi connectivity index (χ3n) is 2.50. The van der Waals surface area contributed by atoms with Gasteiger partial charge in [0.05, 0.1) is 10.7 Å². The molecule has 0 saturated carbocycles. The standard InChI is InChI=1S/C12H16ClFN2O/c1-8(4-3-7-15)12(17)16-11-9(13)5-2-6-10(11)14/h2,5-6,8H,3-4,7,15H2,1H3,(H,16,17). The van der Waals surface area contributed by atoms with Gasteiger partial charge in [-0.15, -0.1) is 0 Å². The minimum atomic E-state index is -0.531. The van der Waals surface area contributed by atoms with Crippen molar-refractivity contribution < 1.29 is 9.18 Å². The van der Waals surface area contributed by atoms with E-state index in [1.165, 1.54) is 18.2 Å². The molecule has 0 spiro atoms. The molecule has 94 valence electrons. The van der Waals surface area contributed by atoms with Gasteiger partial charge in [-0.3, -0.25) is 4.79 Å². The lowest BCUT2D eigenvalue weighted by Crippen LogP contribution is -2.22. The first kappa shape index (κ1) is 13.9. The Kier molecular flexibility index (Phi) is 5.38. The van der Waals surface area contributed by atoms with E-state index in [0.29, 0.717) is 13.0 Å². The summed E-state index contributed by atoms with van der Waals surface area (Å²) in [5.74, 6) is -0.989. The van der Waals surface area contributed by atoms with E-state index in [1.54, 1.807) is 6.92 Å². The summed E-state index contributed by atoms with van der Waals surface area (Å²) in [7, 11) is 0. The van der Waals surface area contributed by atoms with Crippen LogP contribution in [0.15, 0.2) is 18.2 Å². The number of hydrogen-bond donors (Lipinski definition) is 2. The molecule has 0 heterocycles. The van der Waals surface area contributed by atoms with Crippen molar-refractivity contribution in [1.82, 2.24) is 0 Å². The van der Waals surface area contributed by atoms with Gasteiger partial charge in [0.1, 0.15) is 5.82 Å². The quantitative estimate of drug-likeness (QED) is 0.853. The van der Waals surface area contributed by atoms with E-state index in [1.807, 2.05) is 0 Å². The zero-order valence-electron chi connectivity index (χ0n) is 9.67. The Morgan fingerprint density at radius 1 is 1.59 bits per heavy atom. The molecule has 0 aliphatic rings. The molecule has 1 amide bonds. The molecule has 1 unspecified atom stereocenters. The molecule has 1 rings (SSSR count). The van der Waals surface area contributed by atoms with Crippen molar-refractivity contribution in [3.63, 3.8) is 0 Å². The number of benzene rings is 1. The maximum Gasteiger partial charge on any atom is 0.227 e. The molecule has 1 aromatic rings. The van der Waals surface area contributed by atoms with Gasteiger partial charge >= 0.3 is 0 Å². The Bertz CT molecular complexity index is 378. The highest BCUT2D eigenvalue weighted by atomic mass is 35.5. The number of amides is 1. The summed E-state index contributed by atoms with van der Waals surface area (Å²) in [6.07, 6.45) is 1.44. The normalized spacial score (nSPS) is 12.2. The third kappa shape index (κ3) is 3.98. The van der Waals surface area contributed by atoms with Crippen LogP contribution in [0.4, 0.5) is 10.1 Å². The summed E-state index contributed by atoms with van der Waals surface area (Å²) in [6, 6.07) is 4.28. The molecule has 0 aliphatic heterocycles. The predicted octanol–water partition coefficient (Wildman–Crippen LogP) is 2.79. The van der Waals surface area contributed by atoms with Gasteiger partial charge in [0, 0.05) is 5.92 Å². The van der Waals surface area contributed by atoms with Crippen LogP contribution in [0.5, 0.6) is 0 Å². The van der Waals surface area contributed by atoms with Crippen LogP contribution in [0.1, 0.15) is 19.8 Å². The third-order valence-corrected chi connectivity index (χ3v) is 2.81. The Hall–Kier alpha value is -1.13. The van der Waals surface area contributed by atoms with Crippen LogP contribution in [-0.2, 0) is 4.79 Å². The molecule has 3 N–H and O–H groups in total. The molecule has 0 fully saturated rings. The summed E-state index contributed by atoms with van der Waals surface area (Å²) < 4.78 is 13.4. The van der Waals surface area contributed by atoms with E-state index in [0.717, 1.165) is 6.42 Å². The van der Waals surface area contributed by atoms with Gasteiger partial charge in [0.25, 0.3) is 0 Å². The predicted molar refractivity (Wildman–Crippen MR) is 67.5 cm³/mol. The first-order valence-electron chi connectivity index (χ1n) is 5.51. The topological polar surface area (TPSA) is 55.1 Å². The molecule has 3 nitrogen and oxygen atoms in total. The summed E-state index contributed by atoms with van der Waals surface area (Å²) >= 11 is 5.81. The van der Waals surface area contributed by atoms with Crippen molar-refractivity contribution in [2.75, 3.05) is 11.9 Å². The van der Waals surface area contributed by atoms with Crippen LogP contribution in [0.25, 0.3) is 0 Å². The maximum absolute atomic E-state index is 13.4. The second-order valence-electron chi connectivity index (χ2n) is 3.92. The van der Waals surface area contributed by atoms with Crippen molar-refractivity contribution >= 4 is 23.2 Å². The summed E-state index contributed by atoms with van der Waals surface area (Å²) in [5.41, 5.74) is 5.41. The number of anilines is 1. The lowest BCUT2D eigenvalue weighted by molar-refractivity contribution is -0.119. The maximum atomic E-state index is 13.4. The largest absolute Gasteiger partial charge is 0.330 e. The number of halogens is 2. The first-order chi connectivity index (χ1) is 8.06. The van der Waals surface area contributed by atoms with Crippen molar-refractivity contribution in [3.05, 3.63) is 29.0 Å². The number of carbonyl (C=O) groups excluding carboxylic acids is 1. The van der Waals surface area contributed by atoms with E-state index >= 15 is 0 Å². The van der Waals surface area contributed by atoms with E-state index in [4.69, 9.17) is 17.3 Å². The Balaban J connectivity index is 2.68. The fourth-order valence-electron chi connectivity index (χ4n) is 1.42. The van der Waals surface area contributed by atoms with Crippen molar-refractivity contribution in [2.45, 2.75) is 19.8 Å². The van der Waals surface area contributed by atoms with Crippen LogP contribution in [0.2, 0.25) is 5.02 Å². The van der Waals surface area contributed by atoms with Gasteiger partial charge in [-0.05, 0) is 31.5 Å². The molecular formula is C12H16ClFN2O. The number of carbonyl (C=O) groups is 1. The fourth-order valence-corrected chi connectivity index (χ4v) is 1.63. The molecule has 0 bridgehead atoms. The van der Waals surface area contributed by atoms with Crippen molar-refractivity contribution in [1.29, 1.82) is 0 Å². The minimum absolute atomic E-state index is 0.0405. The molecule has 1 aromatic carbocycles. The molecule has 0 aliphatic carbocycles. The number of nitrogens with one attached hydrogen (secondary N) is 1. The van der Waals surface area contributed by atoms with Gasteiger partial charge in [0.2, 0.25) is 5.91 Å². The first-order valence-corrected chi connectivity index (χ1v) is 5.89. The monoisotopic (exact) mass is 258 g/mol. The summed E-state index contributed by atoms with van der Waals surface area (Å²) in [5, 5.41) is 2.70. The number of hydrogen-bond acceptors (Lipinski definition) is 2. The second kappa shape index (κ2) is 6.57. The lowest BCUT2D eigenvalue weighted by Gasteiger charge is -2.13. The van der Waals surface area contributed by atoms with E-state index in [9.17, 15) is 9.18 Å². The number of nitrogens with two attached hydrogens (primary N) is 1. The molecule has 1 atom stereocenters. The van der Waals surface area contributed by atoms with Crippen LogP contribution in [0.3, 0.4) is 0 Å². The van der Waals surface area contributed by atoms with Crippen LogP contribution >= 0.6 is 11.6 Å². The Morgan fingerprint density at radius 2 is 2.29 bits per heavy atom. The Morgan fingerprint density at radius 3 is 2.88 bits per heavy atom. The zero-order valence-corrected chi connectivity index (χ0v) is 10.4. The smallest absolute Gasteiger partial charge is 0.227 e. The van der Waals surface area contributed by atoms with Gasteiger partial charge in [-0.2, -0.15) is 0 Å². The number of para-hydroxylation sites is 1. The van der Waals surface area contributed by atoms with Crippen LogP contribution in [0, 0.1) is 11.7 Å². The highest BCUT2D eigenvalue weighted by Gasteiger charge is 2.15. The lowest BCUT2D eigenvalue weighted by atomic mass is 10.0.